The van der Waals surface area contributed by atoms with Crippen LogP contribution >= 0.6 is 0 Å². The first kappa shape index (κ1) is 8.26. The minimum absolute atomic E-state index is 0.209. The monoisotopic (exact) mass is 176 g/mol. The van der Waals surface area contributed by atoms with E-state index in [0.29, 0.717) is 11.5 Å². The third-order valence-electron chi connectivity index (χ3n) is 2.47. The molecule has 1 aliphatic rings. The summed E-state index contributed by atoms with van der Waals surface area (Å²) in [5.41, 5.74) is 12.6. The standard InChI is InChI=1S/C10H12N2O/c11-9-5-8(9)6-3-1-2-4-7(6)10(12)13/h1-4,8-9H,5,11H2,(H2,12,13). The minimum atomic E-state index is -0.366. The highest BCUT2D eigenvalue weighted by atomic mass is 16.1. The van der Waals surface area contributed by atoms with Crippen LogP contribution in [-0.2, 0) is 0 Å². The zero-order chi connectivity index (χ0) is 9.42. The van der Waals surface area contributed by atoms with Crippen molar-refractivity contribution < 1.29 is 4.79 Å². The van der Waals surface area contributed by atoms with Crippen LogP contribution in [-0.4, -0.2) is 11.9 Å². The lowest BCUT2D eigenvalue weighted by Gasteiger charge is -2.03. The van der Waals surface area contributed by atoms with Crippen LogP contribution in [0.2, 0.25) is 0 Å². The first-order valence-corrected chi connectivity index (χ1v) is 4.34. The van der Waals surface area contributed by atoms with Crippen molar-refractivity contribution in [3.63, 3.8) is 0 Å². The van der Waals surface area contributed by atoms with E-state index < -0.39 is 0 Å². The fraction of sp³-hybridized carbons (Fsp3) is 0.300. The second-order valence-corrected chi connectivity index (χ2v) is 3.46. The summed E-state index contributed by atoms with van der Waals surface area (Å²) in [6.45, 7) is 0. The van der Waals surface area contributed by atoms with Crippen molar-refractivity contribution >= 4 is 5.91 Å². The van der Waals surface area contributed by atoms with E-state index >= 15 is 0 Å². The summed E-state index contributed by atoms with van der Waals surface area (Å²) < 4.78 is 0. The van der Waals surface area contributed by atoms with Gasteiger partial charge in [-0.2, -0.15) is 0 Å². The first-order chi connectivity index (χ1) is 6.20. The molecule has 2 rings (SSSR count). The Kier molecular flexibility index (Phi) is 1.81. The number of benzene rings is 1. The van der Waals surface area contributed by atoms with E-state index in [1.165, 1.54) is 0 Å². The van der Waals surface area contributed by atoms with Crippen LogP contribution in [0.1, 0.15) is 28.3 Å². The molecule has 1 fully saturated rings. The molecule has 0 bridgehead atoms. The molecule has 1 amide bonds. The Balaban J connectivity index is 2.38. The molecular formula is C10H12N2O. The lowest BCUT2D eigenvalue weighted by Crippen LogP contribution is -2.14. The van der Waals surface area contributed by atoms with Crippen molar-refractivity contribution in [2.75, 3.05) is 0 Å². The van der Waals surface area contributed by atoms with Gasteiger partial charge in [-0.15, -0.1) is 0 Å². The van der Waals surface area contributed by atoms with Crippen molar-refractivity contribution in [1.82, 2.24) is 0 Å². The number of rotatable bonds is 2. The minimum Gasteiger partial charge on any atom is -0.366 e. The van der Waals surface area contributed by atoms with Gasteiger partial charge in [-0.1, -0.05) is 18.2 Å². The van der Waals surface area contributed by atoms with Crippen molar-refractivity contribution in [1.29, 1.82) is 0 Å². The highest BCUT2D eigenvalue weighted by Gasteiger charge is 2.36. The van der Waals surface area contributed by atoms with E-state index in [1.807, 2.05) is 18.2 Å². The van der Waals surface area contributed by atoms with Gasteiger partial charge in [-0.3, -0.25) is 4.79 Å². The van der Waals surface area contributed by atoms with Gasteiger partial charge >= 0.3 is 0 Å². The largest absolute Gasteiger partial charge is 0.366 e. The Morgan fingerprint density at radius 2 is 2.00 bits per heavy atom. The molecular weight excluding hydrogens is 164 g/mol. The van der Waals surface area contributed by atoms with Crippen LogP contribution in [0.3, 0.4) is 0 Å². The maximum absolute atomic E-state index is 11.0. The summed E-state index contributed by atoms with van der Waals surface area (Å²) in [6, 6.07) is 7.62. The van der Waals surface area contributed by atoms with Crippen molar-refractivity contribution in [3.8, 4) is 0 Å². The van der Waals surface area contributed by atoms with E-state index in [4.69, 9.17) is 11.5 Å². The molecule has 3 nitrogen and oxygen atoms in total. The van der Waals surface area contributed by atoms with Gasteiger partial charge in [0.05, 0.1) is 0 Å². The van der Waals surface area contributed by atoms with Crippen molar-refractivity contribution in [2.45, 2.75) is 18.4 Å². The van der Waals surface area contributed by atoms with Crippen LogP contribution in [0, 0.1) is 0 Å². The van der Waals surface area contributed by atoms with Gasteiger partial charge in [0.2, 0.25) is 5.91 Å². The third-order valence-corrected chi connectivity index (χ3v) is 2.47. The normalized spacial score (nSPS) is 25.6. The lowest BCUT2D eigenvalue weighted by atomic mass is 10.0. The molecule has 13 heavy (non-hydrogen) atoms. The first-order valence-electron chi connectivity index (χ1n) is 4.34. The molecule has 0 heterocycles. The number of hydrogen-bond acceptors (Lipinski definition) is 2. The number of carbonyl (C=O) groups excluding carboxylic acids is 1. The molecule has 0 aliphatic heterocycles. The molecule has 1 aromatic carbocycles. The molecule has 1 aromatic rings. The predicted molar refractivity (Wildman–Crippen MR) is 50.3 cm³/mol. The van der Waals surface area contributed by atoms with Gasteiger partial charge in [-0.25, -0.2) is 0 Å². The summed E-state index contributed by atoms with van der Waals surface area (Å²) in [7, 11) is 0. The molecule has 3 heteroatoms. The van der Waals surface area contributed by atoms with E-state index in [2.05, 4.69) is 0 Å². The van der Waals surface area contributed by atoms with Crippen LogP contribution < -0.4 is 11.5 Å². The SMILES string of the molecule is NC(=O)c1ccccc1C1CC1N. The zero-order valence-corrected chi connectivity index (χ0v) is 7.23. The molecule has 4 N–H and O–H groups in total. The van der Waals surface area contributed by atoms with Gasteiger partial charge < -0.3 is 11.5 Å². The number of primary amides is 1. The second kappa shape index (κ2) is 2.85. The lowest BCUT2D eigenvalue weighted by molar-refractivity contribution is 0.0999. The quantitative estimate of drug-likeness (QED) is 0.692. The number of nitrogens with two attached hydrogens (primary N) is 2. The molecule has 0 aromatic heterocycles. The molecule has 68 valence electrons. The maximum Gasteiger partial charge on any atom is 0.248 e. The molecule has 2 atom stereocenters. The highest BCUT2D eigenvalue weighted by Crippen LogP contribution is 2.40. The van der Waals surface area contributed by atoms with E-state index in [1.54, 1.807) is 6.07 Å². The molecule has 0 saturated heterocycles. The molecule has 1 aliphatic carbocycles. The predicted octanol–water partition coefficient (Wildman–Crippen LogP) is 0.600. The molecule has 0 spiro atoms. The number of amides is 1. The summed E-state index contributed by atoms with van der Waals surface area (Å²) in [5.74, 6) is -0.0293. The Labute approximate surface area is 76.7 Å². The van der Waals surface area contributed by atoms with Gasteiger partial charge in [0, 0.05) is 17.5 Å². The molecule has 0 radical (unpaired) electrons. The van der Waals surface area contributed by atoms with Gasteiger partial charge in [0.25, 0.3) is 0 Å². The Hall–Kier alpha value is -1.35. The number of carbonyl (C=O) groups is 1. The van der Waals surface area contributed by atoms with Crippen LogP contribution in [0.25, 0.3) is 0 Å². The van der Waals surface area contributed by atoms with Crippen molar-refractivity contribution in [3.05, 3.63) is 35.4 Å². The Morgan fingerprint density at radius 3 is 2.54 bits per heavy atom. The van der Waals surface area contributed by atoms with Crippen molar-refractivity contribution in [2.24, 2.45) is 11.5 Å². The Morgan fingerprint density at radius 1 is 1.38 bits per heavy atom. The number of hydrogen-bond donors (Lipinski definition) is 2. The summed E-state index contributed by atoms with van der Waals surface area (Å²) in [6.07, 6.45) is 0.963. The zero-order valence-electron chi connectivity index (χ0n) is 7.23. The topological polar surface area (TPSA) is 69.1 Å². The van der Waals surface area contributed by atoms with Crippen LogP contribution in [0.5, 0.6) is 0 Å². The summed E-state index contributed by atoms with van der Waals surface area (Å²) >= 11 is 0. The maximum atomic E-state index is 11.0. The van der Waals surface area contributed by atoms with Gasteiger partial charge in [-0.05, 0) is 18.1 Å². The molecule has 2 unspecified atom stereocenters. The van der Waals surface area contributed by atoms with E-state index in [0.717, 1.165) is 12.0 Å². The smallest absolute Gasteiger partial charge is 0.248 e. The van der Waals surface area contributed by atoms with Crippen LogP contribution in [0.4, 0.5) is 0 Å². The van der Waals surface area contributed by atoms with E-state index in [-0.39, 0.29) is 11.9 Å². The fourth-order valence-electron chi connectivity index (χ4n) is 1.62. The average molecular weight is 176 g/mol. The second-order valence-electron chi connectivity index (χ2n) is 3.46. The summed E-state index contributed by atoms with van der Waals surface area (Å²) in [5, 5.41) is 0. The van der Waals surface area contributed by atoms with Gasteiger partial charge in [0.1, 0.15) is 0 Å². The average Bonchev–Trinajstić information content (AvgIpc) is 2.82. The van der Waals surface area contributed by atoms with Gasteiger partial charge in [0.15, 0.2) is 0 Å². The Bertz CT molecular complexity index is 349. The summed E-state index contributed by atoms with van der Waals surface area (Å²) in [4.78, 5) is 11.0. The molecule has 1 saturated carbocycles. The fourth-order valence-corrected chi connectivity index (χ4v) is 1.62. The van der Waals surface area contributed by atoms with Crippen LogP contribution in [0.15, 0.2) is 24.3 Å². The van der Waals surface area contributed by atoms with E-state index in [9.17, 15) is 4.79 Å². The third kappa shape index (κ3) is 1.42. The highest BCUT2D eigenvalue weighted by molar-refractivity contribution is 5.94.